The van der Waals surface area contributed by atoms with Crippen molar-refractivity contribution >= 4 is 11.9 Å². The third-order valence-electron chi connectivity index (χ3n) is 18.3. The first kappa shape index (κ1) is 48.9. The first-order chi connectivity index (χ1) is 29.3. The van der Waals surface area contributed by atoms with Crippen molar-refractivity contribution in [2.45, 2.75) is 193 Å². The lowest BCUT2D eigenvalue weighted by Crippen LogP contribution is -2.70. The van der Waals surface area contributed by atoms with Gasteiger partial charge in [0.2, 0.25) is 0 Å². The van der Waals surface area contributed by atoms with Gasteiger partial charge in [-0.3, -0.25) is 0 Å². The van der Waals surface area contributed by atoms with Gasteiger partial charge in [-0.15, -0.1) is 0 Å². The standard InChI is InChI=1S/C47H74O16/c1-10-22(2)39(58)60-30-19-46(9)23(24-17-42(3,4)18-28(50)47(24,30)21-49)11-12-27-44(7)15-14-29(43(5,6)26(44)13-16-45(27,46)8)61-41-35(55)36(34(54)37(63-41)38(56)57)62-40-33(53)32(52)31(51)25(20-48)59-40/h10-11,24-37,40-41,48-55H,12-21H2,1-9H3,(H,56,57). The van der Waals surface area contributed by atoms with Crippen molar-refractivity contribution in [2.24, 2.45) is 50.2 Å². The highest BCUT2D eigenvalue weighted by atomic mass is 16.7. The van der Waals surface area contributed by atoms with Crippen LogP contribution in [-0.2, 0) is 33.3 Å². The molecule has 2 saturated heterocycles. The van der Waals surface area contributed by atoms with E-state index in [9.17, 15) is 55.5 Å². The highest BCUT2D eigenvalue weighted by Gasteiger charge is 2.72. The second kappa shape index (κ2) is 16.9. The zero-order chi connectivity index (χ0) is 46.6. The molecule has 4 saturated carbocycles. The summed E-state index contributed by atoms with van der Waals surface area (Å²) in [6.07, 6.45) is -10.2. The van der Waals surface area contributed by atoms with Crippen molar-refractivity contribution in [1.82, 2.24) is 0 Å². The van der Waals surface area contributed by atoms with Crippen molar-refractivity contribution in [3.8, 4) is 0 Å². The molecule has 5 aliphatic carbocycles. The van der Waals surface area contributed by atoms with E-state index in [-0.39, 0.29) is 40.6 Å². The Bertz CT molecular complexity index is 1800. The number of carbonyl (C=O) groups excluding carboxylic acids is 1. The summed E-state index contributed by atoms with van der Waals surface area (Å²) >= 11 is 0. The minimum absolute atomic E-state index is 0.0876. The van der Waals surface area contributed by atoms with Crippen LogP contribution in [0.5, 0.6) is 0 Å². The third kappa shape index (κ3) is 7.49. The van der Waals surface area contributed by atoms with Crippen LogP contribution in [0, 0.1) is 50.2 Å². The van der Waals surface area contributed by atoms with Crippen molar-refractivity contribution < 1.29 is 79.2 Å². The van der Waals surface area contributed by atoms with Crippen LogP contribution < -0.4 is 0 Å². The molecule has 6 fully saturated rings. The Hall–Kier alpha value is -2.06. The Morgan fingerprint density at radius 2 is 1.46 bits per heavy atom. The quantitative estimate of drug-likeness (QED) is 0.0697. The van der Waals surface area contributed by atoms with Crippen LogP contribution in [0.4, 0.5) is 0 Å². The first-order valence-corrected chi connectivity index (χ1v) is 23.0. The summed E-state index contributed by atoms with van der Waals surface area (Å²) in [5.74, 6) is -1.95. The maximum absolute atomic E-state index is 13.6. The van der Waals surface area contributed by atoms with Crippen molar-refractivity contribution in [3.05, 3.63) is 23.3 Å². The van der Waals surface area contributed by atoms with Crippen LogP contribution in [0.3, 0.4) is 0 Å². The number of carboxylic acid groups (broad SMARTS) is 1. The van der Waals surface area contributed by atoms with Gasteiger partial charge in [0.05, 0.1) is 30.8 Å². The maximum Gasteiger partial charge on any atom is 0.335 e. The molecule has 16 heteroatoms. The molecule has 63 heavy (non-hydrogen) atoms. The van der Waals surface area contributed by atoms with Gasteiger partial charge in [0.1, 0.15) is 48.8 Å². The number of hydrogen-bond donors (Lipinski definition) is 9. The predicted octanol–water partition coefficient (Wildman–Crippen LogP) is 2.34. The summed E-state index contributed by atoms with van der Waals surface area (Å²) in [5, 5.41) is 97.2. The van der Waals surface area contributed by atoms with Crippen LogP contribution in [0.1, 0.15) is 114 Å². The summed E-state index contributed by atoms with van der Waals surface area (Å²) in [4.78, 5) is 26.0. The number of aliphatic carboxylic acids is 1. The SMILES string of the molecule is CC=C(C)C(=O)OC1CC2(C)C(=CCC3C4(C)CCC(OC5OC(C(=O)O)C(O)C(OC6OC(CO)C(O)C(O)C6O)C5O)C(C)(C)C4CCC32C)C2CC(C)(C)CC(O)C12CO. The summed E-state index contributed by atoms with van der Waals surface area (Å²) in [6, 6.07) is 0. The molecule has 0 aromatic carbocycles. The largest absolute Gasteiger partial charge is 0.479 e. The predicted molar refractivity (Wildman–Crippen MR) is 224 cm³/mol. The molecule has 20 atom stereocenters. The van der Waals surface area contributed by atoms with Gasteiger partial charge in [0.25, 0.3) is 0 Å². The molecule has 0 bridgehead atoms. The molecule has 0 radical (unpaired) electrons. The smallest absolute Gasteiger partial charge is 0.335 e. The topological polar surface area (TPSA) is 262 Å². The minimum atomic E-state index is -1.96. The molecule has 0 aromatic heterocycles. The number of rotatable bonds is 9. The molecule has 2 heterocycles. The van der Waals surface area contributed by atoms with Crippen LogP contribution >= 0.6 is 0 Å². The molecule has 20 unspecified atom stereocenters. The van der Waals surface area contributed by atoms with E-state index in [1.165, 1.54) is 5.57 Å². The minimum Gasteiger partial charge on any atom is -0.479 e. The van der Waals surface area contributed by atoms with E-state index in [0.29, 0.717) is 24.8 Å². The van der Waals surface area contributed by atoms with Gasteiger partial charge in [-0.05, 0) is 110 Å². The number of aliphatic hydroxyl groups excluding tert-OH is 8. The first-order valence-electron chi connectivity index (χ1n) is 23.0. The molecule has 7 rings (SSSR count). The molecule has 0 amide bonds. The van der Waals surface area contributed by atoms with Crippen molar-refractivity contribution in [3.63, 3.8) is 0 Å². The average molecular weight is 895 g/mol. The number of allylic oxidation sites excluding steroid dienone is 3. The van der Waals surface area contributed by atoms with Gasteiger partial charge in [-0.2, -0.15) is 0 Å². The fourth-order valence-electron chi connectivity index (χ4n) is 14.4. The van der Waals surface area contributed by atoms with Crippen LogP contribution in [0.2, 0.25) is 0 Å². The fraction of sp³-hybridized carbons (Fsp3) is 0.872. The van der Waals surface area contributed by atoms with E-state index in [2.05, 4.69) is 54.5 Å². The average Bonchev–Trinajstić information content (AvgIpc) is 3.20. The number of esters is 1. The summed E-state index contributed by atoms with van der Waals surface area (Å²) in [7, 11) is 0. The molecule has 9 N–H and O–H groups in total. The van der Waals surface area contributed by atoms with E-state index in [4.69, 9.17) is 23.7 Å². The molecular weight excluding hydrogens is 821 g/mol. The molecular formula is C47H74O16. The third-order valence-corrected chi connectivity index (χ3v) is 18.3. The van der Waals surface area contributed by atoms with Gasteiger partial charge in [0.15, 0.2) is 18.7 Å². The van der Waals surface area contributed by atoms with Crippen LogP contribution in [0.15, 0.2) is 23.3 Å². The molecule has 0 aromatic rings. The molecule has 2 aliphatic heterocycles. The highest BCUT2D eigenvalue weighted by Crippen LogP contribution is 2.76. The monoisotopic (exact) mass is 894 g/mol. The number of fused-ring (bicyclic) bond motifs is 7. The molecule has 7 aliphatic rings. The van der Waals surface area contributed by atoms with E-state index in [1.54, 1.807) is 19.9 Å². The van der Waals surface area contributed by atoms with Crippen molar-refractivity contribution in [1.29, 1.82) is 0 Å². The second-order valence-electron chi connectivity index (χ2n) is 22.3. The highest BCUT2D eigenvalue weighted by molar-refractivity contribution is 5.87. The molecule has 16 nitrogen and oxygen atoms in total. The molecule has 0 spiro atoms. The van der Waals surface area contributed by atoms with E-state index >= 15 is 0 Å². The number of ether oxygens (including phenoxy) is 5. The maximum atomic E-state index is 13.6. The number of carboxylic acids is 1. The van der Waals surface area contributed by atoms with E-state index in [1.807, 2.05) is 0 Å². The summed E-state index contributed by atoms with van der Waals surface area (Å²) in [6.45, 7) is 18.1. The summed E-state index contributed by atoms with van der Waals surface area (Å²) in [5.41, 5.74) is -1.06. The fourth-order valence-corrected chi connectivity index (χ4v) is 14.4. The zero-order valence-electron chi connectivity index (χ0n) is 38.3. The van der Waals surface area contributed by atoms with Gasteiger partial charge in [-0.25, -0.2) is 9.59 Å². The van der Waals surface area contributed by atoms with E-state index < -0.39 is 115 Å². The van der Waals surface area contributed by atoms with Gasteiger partial charge >= 0.3 is 11.9 Å². The Balaban J connectivity index is 1.17. The van der Waals surface area contributed by atoms with Gasteiger partial charge in [-0.1, -0.05) is 66.2 Å². The summed E-state index contributed by atoms with van der Waals surface area (Å²) < 4.78 is 30.0. The zero-order valence-corrected chi connectivity index (χ0v) is 38.3. The second-order valence-corrected chi connectivity index (χ2v) is 22.3. The Morgan fingerprint density at radius 1 is 0.794 bits per heavy atom. The lowest BCUT2D eigenvalue weighted by atomic mass is 9.33. The van der Waals surface area contributed by atoms with E-state index in [0.717, 1.165) is 32.1 Å². The lowest BCUT2D eigenvalue weighted by Gasteiger charge is -2.72. The van der Waals surface area contributed by atoms with Crippen LogP contribution in [-0.4, -0.2) is 151 Å². The Morgan fingerprint density at radius 3 is 2.08 bits per heavy atom. The Kier molecular flexibility index (Phi) is 13.1. The number of aliphatic hydroxyl groups is 8. The van der Waals surface area contributed by atoms with Gasteiger partial charge in [0, 0.05) is 5.57 Å². The molecule has 358 valence electrons. The number of hydrogen-bond acceptors (Lipinski definition) is 15. The van der Waals surface area contributed by atoms with Crippen molar-refractivity contribution in [2.75, 3.05) is 13.2 Å². The number of carbonyl (C=O) groups is 2. The lowest BCUT2D eigenvalue weighted by molar-refractivity contribution is -0.365. The normalized spacial score (nSPS) is 50.5. The van der Waals surface area contributed by atoms with Crippen LogP contribution in [0.25, 0.3) is 0 Å². The van der Waals surface area contributed by atoms with Gasteiger partial charge < -0.3 is 69.6 Å². The Labute approximate surface area is 370 Å².